The van der Waals surface area contributed by atoms with Crippen molar-refractivity contribution in [2.24, 2.45) is 5.92 Å². The highest BCUT2D eigenvalue weighted by Gasteiger charge is 2.25. The summed E-state index contributed by atoms with van der Waals surface area (Å²) in [4.78, 5) is 36.1. The summed E-state index contributed by atoms with van der Waals surface area (Å²) in [5.41, 5.74) is 1.25. The molecule has 0 aliphatic heterocycles. The van der Waals surface area contributed by atoms with Crippen LogP contribution in [0.1, 0.15) is 25.2 Å². The molecule has 1 N–H and O–H groups in total. The van der Waals surface area contributed by atoms with E-state index in [1.54, 1.807) is 24.6 Å². The van der Waals surface area contributed by atoms with E-state index in [0.29, 0.717) is 5.82 Å². The standard InChI is InChI=1S/C17H23N5O4/c1-10(2)16(17(25)26-5)18-14(23)9-21-15(24)7-6-13(20-21)22-12(4)8-11(3)19-22/h6-8,10,16H,9H2,1-5H3,(H,18,23)/t16-/m1/s1. The first kappa shape index (κ1) is 19.4. The Morgan fingerprint density at radius 3 is 2.46 bits per heavy atom. The number of amides is 1. The highest BCUT2D eigenvalue weighted by atomic mass is 16.5. The lowest BCUT2D eigenvalue weighted by Crippen LogP contribution is -2.47. The molecule has 1 amide bonds. The Bertz CT molecular complexity index is 868. The van der Waals surface area contributed by atoms with Gasteiger partial charge in [0.25, 0.3) is 5.56 Å². The van der Waals surface area contributed by atoms with Crippen molar-refractivity contribution >= 4 is 11.9 Å². The van der Waals surface area contributed by atoms with Crippen LogP contribution in [0.15, 0.2) is 23.0 Å². The molecule has 0 fully saturated rings. The van der Waals surface area contributed by atoms with Crippen molar-refractivity contribution in [3.63, 3.8) is 0 Å². The van der Waals surface area contributed by atoms with Gasteiger partial charge in [-0.2, -0.15) is 5.10 Å². The molecule has 1 atom stereocenters. The van der Waals surface area contributed by atoms with E-state index in [2.05, 4.69) is 15.5 Å². The predicted octanol–water partition coefficient (Wildman–Crippen LogP) is 0.360. The average Bonchev–Trinajstić information content (AvgIpc) is 2.92. The van der Waals surface area contributed by atoms with Crippen LogP contribution in [-0.4, -0.2) is 44.6 Å². The lowest BCUT2D eigenvalue weighted by molar-refractivity contribution is -0.146. The number of methoxy groups -OCH3 is 1. The number of nitrogens with zero attached hydrogens (tertiary/aromatic N) is 4. The van der Waals surface area contributed by atoms with E-state index >= 15 is 0 Å². The van der Waals surface area contributed by atoms with Gasteiger partial charge in [0.15, 0.2) is 5.82 Å². The lowest BCUT2D eigenvalue weighted by atomic mass is 10.0. The Morgan fingerprint density at radius 1 is 1.23 bits per heavy atom. The highest BCUT2D eigenvalue weighted by Crippen LogP contribution is 2.08. The molecule has 2 rings (SSSR count). The third-order valence-electron chi connectivity index (χ3n) is 3.81. The number of carbonyl (C=O) groups is 2. The maximum Gasteiger partial charge on any atom is 0.328 e. The summed E-state index contributed by atoms with van der Waals surface area (Å²) in [7, 11) is 1.26. The van der Waals surface area contributed by atoms with E-state index in [-0.39, 0.29) is 12.5 Å². The molecule has 2 heterocycles. The number of hydrogen-bond acceptors (Lipinski definition) is 6. The van der Waals surface area contributed by atoms with Crippen LogP contribution >= 0.6 is 0 Å². The molecule has 0 unspecified atom stereocenters. The van der Waals surface area contributed by atoms with Crippen LogP contribution in [0.2, 0.25) is 0 Å². The molecule has 0 saturated heterocycles. The lowest BCUT2D eigenvalue weighted by Gasteiger charge is -2.19. The summed E-state index contributed by atoms with van der Waals surface area (Å²) < 4.78 is 7.32. The van der Waals surface area contributed by atoms with E-state index in [0.717, 1.165) is 16.1 Å². The van der Waals surface area contributed by atoms with Gasteiger partial charge in [0, 0.05) is 11.8 Å². The molecule has 0 aliphatic rings. The zero-order valence-corrected chi connectivity index (χ0v) is 15.5. The molecular formula is C17H23N5O4. The minimum absolute atomic E-state index is 0.155. The van der Waals surface area contributed by atoms with Gasteiger partial charge < -0.3 is 10.1 Å². The van der Waals surface area contributed by atoms with Gasteiger partial charge >= 0.3 is 5.97 Å². The van der Waals surface area contributed by atoms with Crippen molar-refractivity contribution in [2.45, 2.75) is 40.3 Å². The summed E-state index contributed by atoms with van der Waals surface area (Å²) in [5, 5.41) is 11.1. The molecule has 2 aromatic rings. The topological polar surface area (TPSA) is 108 Å². The fourth-order valence-corrected chi connectivity index (χ4v) is 2.51. The Kier molecular flexibility index (Phi) is 5.91. The van der Waals surface area contributed by atoms with Gasteiger partial charge in [0.05, 0.1) is 12.8 Å². The van der Waals surface area contributed by atoms with Crippen LogP contribution in [0.25, 0.3) is 5.82 Å². The molecule has 2 aromatic heterocycles. The van der Waals surface area contributed by atoms with Gasteiger partial charge in [-0.1, -0.05) is 13.8 Å². The molecule has 26 heavy (non-hydrogen) atoms. The summed E-state index contributed by atoms with van der Waals surface area (Å²) >= 11 is 0. The van der Waals surface area contributed by atoms with Gasteiger partial charge in [-0.25, -0.2) is 14.2 Å². The molecule has 0 saturated carbocycles. The average molecular weight is 361 g/mol. The van der Waals surface area contributed by atoms with Gasteiger partial charge in [-0.3, -0.25) is 9.59 Å². The fourth-order valence-electron chi connectivity index (χ4n) is 2.51. The smallest absolute Gasteiger partial charge is 0.328 e. The van der Waals surface area contributed by atoms with Crippen LogP contribution in [0.3, 0.4) is 0 Å². The van der Waals surface area contributed by atoms with Crippen molar-refractivity contribution < 1.29 is 14.3 Å². The SMILES string of the molecule is COC(=O)[C@H](NC(=O)Cn1nc(-n2nc(C)cc2C)ccc1=O)C(C)C. The maximum absolute atomic E-state index is 12.3. The Labute approximate surface area is 151 Å². The number of rotatable bonds is 6. The minimum Gasteiger partial charge on any atom is -0.467 e. The molecule has 0 radical (unpaired) electrons. The number of carbonyl (C=O) groups excluding carboxylic acids is 2. The summed E-state index contributed by atoms with van der Waals surface area (Å²) in [5.74, 6) is -0.771. The second-order valence-corrected chi connectivity index (χ2v) is 6.34. The first-order chi connectivity index (χ1) is 12.2. The largest absolute Gasteiger partial charge is 0.467 e. The first-order valence-electron chi connectivity index (χ1n) is 8.22. The molecule has 9 heteroatoms. The molecule has 9 nitrogen and oxygen atoms in total. The zero-order valence-electron chi connectivity index (χ0n) is 15.5. The van der Waals surface area contributed by atoms with E-state index in [1.807, 2.05) is 19.9 Å². The van der Waals surface area contributed by atoms with Crippen molar-refractivity contribution in [3.8, 4) is 5.82 Å². The summed E-state index contributed by atoms with van der Waals surface area (Å²) in [6.45, 7) is 6.98. The zero-order chi connectivity index (χ0) is 19.4. The number of aryl methyl sites for hydroxylation is 2. The molecule has 0 aliphatic carbocycles. The van der Waals surface area contributed by atoms with Crippen LogP contribution in [0.4, 0.5) is 0 Å². The van der Waals surface area contributed by atoms with Crippen molar-refractivity contribution in [3.05, 3.63) is 39.9 Å². The fraction of sp³-hybridized carbons (Fsp3) is 0.471. The third kappa shape index (κ3) is 4.35. The quantitative estimate of drug-likeness (QED) is 0.744. The normalized spacial score (nSPS) is 12.1. The van der Waals surface area contributed by atoms with Crippen LogP contribution in [0.5, 0.6) is 0 Å². The molecule has 0 spiro atoms. The van der Waals surface area contributed by atoms with Gasteiger partial charge in [-0.05, 0) is 31.9 Å². The maximum atomic E-state index is 12.3. The summed E-state index contributed by atoms with van der Waals surface area (Å²) in [6, 6.07) is 3.96. The van der Waals surface area contributed by atoms with Crippen LogP contribution < -0.4 is 10.9 Å². The second-order valence-electron chi connectivity index (χ2n) is 6.34. The van der Waals surface area contributed by atoms with E-state index in [4.69, 9.17) is 4.74 Å². The van der Waals surface area contributed by atoms with Gasteiger partial charge in [0.2, 0.25) is 5.91 Å². The monoisotopic (exact) mass is 361 g/mol. The first-order valence-corrected chi connectivity index (χ1v) is 8.22. The van der Waals surface area contributed by atoms with E-state index < -0.39 is 23.5 Å². The highest BCUT2D eigenvalue weighted by molar-refractivity contribution is 5.84. The molecule has 0 bridgehead atoms. The van der Waals surface area contributed by atoms with Crippen molar-refractivity contribution in [1.29, 1.82) is 0 Å². The van der Waals surface area contributed by atoms with Gasteiger partial charge in [0.1, 0.15) is 12.6 Å². The molecular weight excluding hydrogens is 338 g/mol. The Morgan fingerprint density at radius 2 is 1.92 bits per heavy atom. The third-order valence-corrected chi connectivity index (χ3v) is 3.81. The number of hydrogen-bond donors (Lipinski definition) is 1. The van der Waals surface area contributed by atoms with Crippen molar-refractivity contribution in [2.75, 3.05) is 7.11 Å². The van der Waals surface area contributed by atoms with Crippen molar-refractivity contribution in [1.82, 2.24) is 24.9 Å². The van der Waals surface area contributed by atoms with E-state index in [1.165, 1.54) is 13.2 Å². The number of esters is 1. The Hall–Kier alpha value is -2.97. The predicted molar refractivity (Wildman–Crippen MR) is 93.9 cm³/mol. The van der Waals surface area contributed by atoms with Crippen LogP contribution in [-0.2, 0) is 20.9 Å². The minimum atomic E-state index is -0.789. The summed E-state index contributed by atoms with van der Waals surface area (Å²) in [6.07, 6.45) is 0. The number of ether oxygens (including phenoxy) is 1. The molecule has 140 valence electrons. The molecule has 0 aromatic carbocycles. The Balaban J connectivity index is 2.22. The van der Waals surface area contributed by atoms with Gasteiger partial charge in [-0.15, -0.1) is 5.10 Å². The number of nitrogens with one attached hydrogen (secondary N) is 1. The van der Waals surface area contributed by atoms with E-state index in [9.17, 15) is 14.4 Å². The number of aromatic nitrogens is 4. The second kappa shape index (κ2) is 7.94. The van der Waals surface area contributed by atoms with Crippen LogP contribution in [0, 0.1) is 19.8 Å².